The van der Waals surface area contributed by atoms with Crippen LogP contribution in [0, 0.1) is 0 Å². The molecular formula is C13H18BrNO. The van der Waals surface area contributed by atoms with Crippen molar-refractivity contribution in [3.05, 3.63) is 34.3 Å². The quantitative estimate of drug-likeness (QED) is 0.894. The molecule has 1 aromatic rings. The Morgan fingerprint density at radius 1 is 1.38 bits per heavy atom. The maximum Gasteiger partial charge on any atom is 0.0733 e. The molecule has 0 spiro atoms. The Morgan fingerprint density at radius 3 is 2.88 bits per heavy atom. The zero-order chi connectivity index (χ0) is 11.4. The summed E-state index contributed by atoms with van der Waals surface area (Å²) in [5, 5.41) is 13.6. The molecule has 1 saturated heterocycles. The number of benzene rings is 1. The van der Waals surface area contributed by atoms with E-state index in [0.29, 0.717) is 0 Å². The molecule has 1 aliphatic heterocycles. The monoisotopic (exact) mass is 283 g/mol. The molecular weight excluding hydrogens is 266 g/mol. The number of halogens is 1. The molecule has 1 aliphatic rings. The van der Waals surface area contributed by atoms with E-state index in [0.717, 1.165) is 23.9 Å². The molecule has 2 nitrogen and oxygen atoms in total. The molecule has 0 aromatic heterocycles. The highest BCUT2D eigenvalue weighted by Gasteiger charge is 2.21. The van der Waals surface area contributed by atoms with Crippen molar-refractivity contribution >= 4 is 15.9 Å². The standard InChI is InChI=1S/C13H18BrNO/c14-11-6-2-1-5-10(11)9-13(16)12-7-3-4-8-15-12/h1-2,5-6,12-13,15-16H,3-4,7-9H2. The maximum atomic E-state index is 10.2. The van der Waals surface area contributed by atoms with Gasteiger partial charge in [-0.2, -0.15) is 0 Å². The Bertz CT molecular complexity index is 336. The SMILES string of the molecule is OC(Cc1ccccc1Br)C1CCCCN1. The minimum absolute atomic E-state index is 0.265. The van der Waals surface area contributed by atoms with Gasteiger partial charge >= 0.3 is 0 Å². The molecule has 0 saturated carbocycles. The summed E-state index contributed by atoms with van der Waals surface area (Å²) in [6.45, 7) is 1.04. The van der Waals surface area contributed by atoms with Crippen molar-refractivity contribution in [3.63, 3.8) is 0 Å². The molecule has 2 N–H and O–H groups in total. The van der Waals surface area contributed by atoms with Crippen LogP contribution in [-0.4, -0.2) is 23.8 Å². The lowest BCUT2D eigenvalue weighted by Crippen LogP contribution is -2.44. The molecule has 2 rings (SSSR count). The van der Waals surface area contributed by atoms with Crippen LogP contribution in [0.25, 0.3) is 0 Å². The van der Waals surface area contributed by atoms with E-state index in [-0.39, 0.29) is 12.1 Å². The topological polar surface area (TPSA) is 32.3 Å². The van der Waals surface area contributed by atoms with Crippen LogP contribution in [0.2, 0.25) is 0 Å². The van der Waals surface area contributed by atoms with Gasteiger partial charge in [0.15, 0.2) is 0 Å². The summed E-state index contributed by atoms with van der Waals surface area (Å²) in [5.41, 5.74) is 1.18. The summed E-state index contributed by atoms with van der Waals surface area (Å²) < 4.78 is 1.09. The molecule has 3 heteroatoms. The fraction of sp³-hybridized carbons (Fsp3) is 0.538. The van der Waals surface area contributed by atoms with Gasteiger partial charge in [0.2, 0.25) is 0 Å². The van der Waals surface area contributed by atoms with Gasteiger partial charge in [-0.15, -0.1) is 0 Å². The summed E-state index contributed by atoms with van der Waals surface area (Å²) >= 11 is 3.52. The van der Waals surface area contributed by atoms with Gasteiger partial charge in [-0.05, 0) is 31.0 Å². The van der Waals surface area contributed by atoms with Crippen LogP contribution in [0.15, 0.2) is 28.7 Å². The first-order valence-electron chi connectivity index (χ1n) is 5.92. The number of aliphatic hydroxyl groups is 1. The molecule has 0 bridgehead atoms. The fourth-order valence-electron chi connectivity index (χ4n) is 2.24. The Balaban J connectivity index is 1.96. The zero-order valence-corrected chi connectivity index (χ0v) is 10.9. The third kappa shape index (κ3) is 3.06. The van der Waals surface area contributed by atoms with Gasteiger partial charge in [-0.3, -0.25) is 0 Å². The second-order valence-electron chi connectivity index (χ2n) is 4.42. The molecule has 1 heterocycles. The van der Waals surface area contributed by atoms with E-state index in [1.165, 1.54) is 18.4 Å². The van der Waals surface area contributed by atoms with Crippen molar-refractivity contribution < 1.29 is 5.11 Å². The number of piperidine rings is 1. The van der Waals surface area contributed by atoms with Gasteiger partial charge in [0.05, 0.1) is 6.10 Å². The molecule has 2 unspecified atom stereocenters. The molecule has 0 aliphatic carbocycles. The van der Waals surface area contributed by atoms with E-state index in [4.69, 9.17) is 0 Å². The summed E-state index contributed by atoms with van der Waals surface area (Å²) in [7, 11) is 0. The third-order valence-corrected chi connectivity index (χ3v) is 3.97. The van der Waals surface area contributed by atoms with Crippen molar-refractivity contribution in [2.24, 2.45) is 0 Å². The lowest BCUT2D eigenvalue weighted by molar-refractivity contribution is 0.113. The second kappa shape index (κ2) is 5.80. The summed E-state index contributed by atoms with van der Waals surface area (Å²) in [6.07, 6.45) is 3.99. The van der Waals surface area contributed by atoms with Gasteiger partial charge < -0.3 is 10.4 Å². The highest BCUT2D eigenvalue weighted by Crippen LogP contribution is 2.20. The summed E-state index contributed by atoms with van der Waals surface area (Å²) in [5.74, 6) is 0. The van der Waals surface area contributed by atoms with Gasteiger partial charge in [-0.25, -0.2) is 0 Å². The molecule has 1 aromatic carbocycles. The van der Waals surface area contributed by atoms with E-state index in [2.05, 4.69) is 27.3 Å². The fourth-order valence-corrected chi connectivity index (χ4v) is 2.69. The molecule has 2 atom stereocenters. The molecule has 0 amide bonds. The van der Waals surface area contributed by atoms with Crippen LogP contribution in [-0.2, 0) is 6.42 Å². The first-order chi connectivity index (χ1) is 7.77. The Morgan fingerprint density at radius 2 is 2.19 bits per heavy atom. The van der Waals surface area contributed by atoms with E-state index in [9.17, 15) is 5.11 Å². The average Bonchev–Trinajstić information content (AvgIpc) is 2.33. The summed E-state index contributed by atoms with van der Waals surface area (Å²) in [6, 6.07) is 8.37. The number of rotatable bonds is 3. The molecule has 16 heavy (non-hydrogen) atoms. The van der Waals surface area contributed by atoms with Crippen LogP contribution >= 0.6 is 15.9 Å². The molecule has 88 valence electrons. The van der Waals surface area contributed by atoms with Gasteiger partial charge in [-0.1, -0.05) is 40.5 Å². The predicted molar refractivity (Wildman–Crippen MR) is 69.5 cm³/mol. The smallest absolute Gasteiger partial charge is 0.0733 e. The van der Waals surface area contributed by atoms with E-state index >= 15 is 0 Å². The minimum atomic E-state index is -0.279. The number of hydrogen-bond acceptors (Lipinski definition) is 2. The van der Waals surface area contributed by atoms with Crippen molar-refractivity contribution in [1.29, 1.82) is 0 Å². The Hall–Kier alpha value is -0.380. The van der Waals surface area contributed by atoms with E-state index in [1.54, 1.807) is 0 Å². The van der Waals surface area contributed by atoms with Gasteiger partial charge in [0, 0.05) is 16.9 Å². The largest absolute Gasteiger partial charge is 0.391 e. The first kappa shape index (κ1) is 12.1. The lowest BCUT2D eigenvalue weighted by atomic mass is 9.95. The van der Waals surface area contributed by atoms with Crippen LogP contribution in [0.4, 0.5) is 0 Å². The predicted octanol–water partition coefficient (Wildman–Crippen LogP) is 2.49. The highest BCUT2D eigenvalue weighted by molar-refractivity contribution is 9.10. The third-order valence-electron chi connectivity index (χ3n) is 3.20. The van der Waals surface area contributed by atoms with Crippen LogP contribution < -0.4 is 5.32 Å². The van der Waals surface area contributed by atoms with Crippen LogP contribution in [0.3, 0.4) is 0 Å². The van der Waals surface area contributed by atoms with Crippen LogP contribution in [0.5, 0.6) is 0 Å². The minimum Gasteiger partial charge on any atom is -0.391 e. The molecule has 1 fully saturated rings. The Labute approximate surface area is 105 Å². The average molecular weight is 284 g/mol. The van der Waals surface area contributed by atoms with Crippen LogP contribution in [0.1, 0.15) is 24.8 Å². The maximum absolute atomic E-state index is 10.2. The Kier molecular flexibility index (Phi) is 4.38. The van der Waals surface area contributed by atoms with Crippen molar-refractivity contribution in [3.8, 4) is 0 Å². The van der Waals surface area contributed by atoms with Gasteiger partial charge in [0.25, 0.3) is 0 Å². The number of nitrogens with one attached hydrogen (secondary N) is 1. The zero-order valence-electron chi connectivity index (χ0n) is 9.32. The summed E-state index contributed by atoms with van der Waals surface area (Å²) in [4.78, 5) is 0. The lowest BCUT2D eigenvalue weighted by Gasteiger charge is -2.28. The first-order valence-corrected chi connectivity index (χ1v) is 6.71. The van der Waals surface area contributed by atoms with Crippen molar-refractivity contribution in [2.75, 3.05) is 6.54 Å². The van der Waals surface area contributed by atoms with E-state index in [1.807, 2.05) is 18.2 Å². The number of aliphatic hydroxyl groups excluding tert-OH is 1. The van der Waals surface area contributed by atoms with Crippen molar-refractivity contribution in [2.45, 2.75) is 37.8 Å². The second-order valence-corrected chi connectivity index (χ2v) is 5.27. The highest BCUT2D eigenvalue weighted by atomic mass is 79.9. The van der Waals surface area contributed by atoms with Crippen molar-refractivity contribution in [1.82, 2.24) is 5.32 Å². The van der Waals surface area contributed by atoms with Gasteiger partial charge in [0.1, 0.15) is 0 Å². The number of hydrogen-bond donors (Lipinski definition) is 2. The van der Waals surface area contributed by atoms with E-state index < -0.39 is 0 Å². The normalized spacial score (nSPS) is 23.0. The molecule has 0 radical (unpaired) electrons.